The van der Waals surface area contributed by atoms with Crippen LogP contribution in [0.2, 0.25) is 5.82 Å². The van der Waals surface area contributed by atoms with Crippen molar-refractivity contribution in [3.8, 4) is 5.75 Å². The number of benzene rings is 1. The topological polar surface area (TPSA) is 72.8 Å². The molecule has 0 aliphatic carbocycles. The van der Waals surface area contributed by atoms with Crippen LogP contribution < -0.4 is 4.65 Å². The molecule has 1 aromatic rings. The van der Waals surface area contributed by atoms with E-state index in [4.69, 9.17) is 9.39 Å². The summed E-state index contributed by atoms with van der Waals surface area (Å²) < 4.78 is 10.9. The predicted molar refractivity (Wildman–Crippen MR) is 96.8 cm³/mol. The third-order valence-corrected chi connectivity index (χ3v) is 4.56. The molecule has 1 aliphatic rings. The van der Waals surface area contributed by atoms with Crippen LogP contribution in [0.1, 0.15) is 68.3 Å². The maximum absolute atomic E-state index is 12.3. The Morgan fingerprint density at radius 3 is 2.80 bits per heavy atom. The SMILES string of the molecule is CCCCCCOC(=O)c1cccc2c1OB(O)[C@@H](CC(=O)CC)C2. The fourth-order valence-corrected chi connectivity index (χ4v) is 3.03. The molecule has 1 N–H and O–H groups in total. The fraction of sp³-hybridized carbons (Fsp3) is 0.579. The van der Waals surface area contributed by atoms with Gasteiger partial charge in [0.15, 0.2) is 0 Å². The molecule has 0 saturated carbocycles. The van der Waals surface area contributed by atoms with Crippen molar-refractivity contribution in [3.63, 3.8) is 0 Å². The summed E-state index contributed by atoms with van der Waals surface area (Å²) in [6.45, 7) is 4.33. The van der Waals surface area contributed by atoms with Gasteiger partial charge in [-0.25, -0.2) is 4.79 Å². The molecule has 136 valence electrons. The Labute approximate surface area is 149 Å². The molecule has 5 nitrogen and oxygen atoms in total. The molecule has 0 amide bonds. The van der Waals surface area contributed by atoms with Gasteiger partial charge in [-0.1, -0.05) is 45.2 Å². The van der Waals surface area contributed by atoms with Gasteiger partial charge in [0.05, 0.1) is 6.61 Å². The standard InChI is InChI=1S/C19H27BO5/c1-3-5-6-7-11-24-19(22)17-10-8-9-14-12-15(13-16(21)4-2)20(23)25-18(14)17/h8-10,15,23H,3-7,11-13H2,1-2H3/t15-/m1/s1. The van der Waals surface area contributed by atoms with Crippen LogP contribution in [0.25, 0.3) is 0 Å². The third kappa shape index (κ3) is 5.33. The van der Waals surface area contributed by atoms with Crippen molar-refractivity contribution < 1.29 is 24.0 Å². The molecule has 1 aromatic carbocycles. The molecule has 0 aromatic heterocycles. The maximum Gasteiger partial charge on any atom is 0.526 e. The van der Waals surface area contributed by atoms with Crippen LogP contribution >= 0.6 is 0 Å². The minimum atomic E-state index is -1.08. The number of esters is 1. The van der Waals surface area contributed by atoms with E-state index in [1.807, 2.05) is 6.07 Å². The van der Waals surface area contributed by atoms with Gasteiger partial charge in [-0.3, -0.25) is 4.79 Å². The van der Waals surface area contributed by atoms with Gasteiger partial charge < -0.3 is 14.4 Å². The van der Waals surface area contributed by atoms with Crippen molar-refractivity contribution in [3.05, 3.63) is 29.3 Å². The highest BCUT2D eigenvalue weighted by atomic mass is 16.5. The Bertz CT molecular complexity index is 601. The predicted octanol–water partition coefficient (Wildman–Crippen LogP) is 3.58. The van der Waals surface area contributed by atoms with Crippen molar-refractivity contribution in [2.45, 2.75) is 64.6 Å². The Morgan fingerprint density at radius 1 is 1.28 bits per heavy atom. The molecule has 1 aliphatic heterocycles. The number of carbonyl (C=O) groups excluding carboxylic acids is 2. The van der Waals surface area contributed by atoms with Crippen LogP contribution in [-0.2, 0) is 16.0 Å². The quantitative estimate of drug-likeness (QED) is 0.420. The van der Waals surface area contributed by atoms with Crippen LogP contribution in [0.15, 0.2) is 18.2 Å². The zero-order valence-electron chi connectivity index (χ0n) is 15.1. The zero-order chi connectivity index (χ0) is 18.2. The Morgan fingerprint density at radius 2 is 2.08 bits per heavy atom. The van der Waals surface area contributed by atoms with Gasteiger partial charge in [0, 0.05) is 18.7 Å². The lowest BCUT2D eigenvalue weighted by Gasteiger charge is -2.28. The van der Waals surface area contributed by atoms with Crippen molar-refractivity contribution in [2.75, 3.05) is 6.61 Å². The third-order valence-electron chi connectivity index (χ3n) is 4.56. The van der Waals surface area contributed by atoms with Crippen LogP contribution in [0.5, 0.6) is 5.75 Å². The maximum atomic E-state index is 12.3. The van der Waals surface area contributed by atoms with E-state index in [1.165, 1.54) is 0 Å². The van der Waals surface area contributed by atoms with Crippen molar-refractivity contribution >= 4 is 18.9 Å². The van der Waals surface area contributed by atoms with E-state index in [-0.39, 0.29) is 18.0 Å². The molecule has 0 spiro atoms. The number of ether oxygens (including phenoxy) is 1. The summed E-state index contributed by atoms with van der Waals surface area (Å²) in [7, 11) is -1.08. The first-order valence-corrected chi connectivity index (χ1v) is 9.22. The average molecular weight is 346 g/mol. The molecule has 6 heteroatoms. The van der Waals surface area contributed by atoms with Gasteiger partial charge in [-0.15, -0.1) is 0 Å². The lowest BCUT2D eigenvalue weighted by atomic mass is 9.64. The molecule has 0 radical (unpaired) electrons. The number of carbonyl (C=O) groups is 2. The highest BCUT2D eigenvalue weighted by molar-refractivity contribution is 6.47. The average Bonchev–Trinajstić information content (AvgIpc) is 2.61. The summed E-state index contributed by atoms with van der Waals surface area (Å²) in [4.78, 5) is 24.0. The summed E-state index contributed by atoms with van der Waals surface area (Å²) in [6, 6.07) is 5.30. The van der Waals surface area contributed by atoms with Gasteiger partial charge in [-0.2, -0.15) is 0 Å². The molecule has 1 atom stereocenters. The van der Waals surface area contributed by atoms with Crippen LogP contribution in [0.4, 0.5) is 0 Å². The van der Waals surface area contributed by atoms with Gasteiger partial charge in [-0.05, 0) is 24.5 Å². The molecule has 0 fully saturated rings. The van der Waals surface area contributed by atoms with E-state index in [1.54, 1.807) is 19.1 Å². The number of unbranched alkanes of at least 4 members (excludes halogenated alkanes) is 3. The highest BCUT2D eigenvalue weighted by Crippen LogP contribution is 2.36. The summed E-state index contributed by atoms with van der Waals surface area (Å²) >= 11 is 0. The van der Waals surface area contributed by atoms with Crippen LogP contribution in [-0.4, -0.2) is 30.5 Å². The monoisotopic (exact) mass is 346 g/mol. The molecule has 2 rings (SSSR count). The van der Waals surface area contributed by atoms with E-state index >= 15 is 0 Å². The van der Waals surface area contributed by atoms with E-state index < -0.39 is 13.1 Å². The summed E-state index contributed by atoms with van der Waals surface area (Å²) in [5, 5.41) is 10.2. The van der Waals surface area contributed by atoms with Gasteiger partial charge in [0.1, 0.15) is 17.1 Å². The van der Waals surface area contributed by atoms with Crippen LogP contribution in [0.3, 0.4) is 0 Å². The second kappa shape index (κ2) is 9.61. The number of hydrogen-bond donors (Lipinski definition) is 1. The summed E-state index contributed by atoms with van der Waals surface area (Å²) in [5.74, 6) is -0.226. The largest absolute Gasteiger partial charge is 0.535 e. The first-order chi connectivity index (χ1) is 12.1. The lowest BCUT2D eigenvalue weighted by molar-refractivity contribution is -0.118. The number of fused-ring (bicyclic) bond motifs is 1. The smallest absolute Gasteiger partial charge is 0.526 e. The number of hydrogen-bond acceptors (Lipinski definition) is 5. The van der Waals surface area contributed by atoms with Gasteiger partial charge in [0.25, 0.3) is 0 Å². The number of Topliss-reactive ketones (excluding diaryl/α,β-unsaturated/α-hetero) is 1. The highest BCUT2D eigenvalue weighted by Gasteiger charge is 2.37. The fourth-order valence-electron chi connectivity index (χ4n) is 3.03. The second-order valence-corrected chi connectivity index (χ2v) is 6.56. The van der Waals surface area contributed by atoms with Gasteiger partial charge in [0.2, 0.25) is 0 Å². The van der Waals surface area contributed by atoms with E-state index in [0.717, 1.165) is 31.2 Å². The first-order valence-electron chi connectivity index (χ1n) is 9.22. The normalized spacial score (nSPS) is 16.1. The van der Waals surface area contributed by atoms with E-state index in [2.05, 4.69) is 6.92 Å². The Balaban J connectivity index is 2.03. The minimum Gasteiger partial charge on any atom is -0.535 e. The van der Waals surface area contributed by atoms with Crippen molar-refractivity contribution in [1.29, 1.82) is 0 Å². The second-order valence-electron chi connectivity index (χ2n) is 6.56. The van der Waals surface area contributed by atoms with E-state index in [9.17, 15) is 14.6 Å². The van der Waals surface area contributed by atoms with Crippen molar-refractivity contribution in [2.24, 2.45) is 0 Å². The molecule has 25 heavy (non-hydrogen) atoms. The summed E-state index contributed by atoms with van der Waals surface area (Å²) in [6.07, 6.45) is 5.39. The number of rotatable bonds is 9. The Kier molecular flexibility index (Phi) is 7.50. The molecular formula is C19H27BO5. The number of para-hydroxylation sites is 1. The molecule has 0 bridgehead atoms. The molecule has 1 heterocycles. The van der Waals surface area contributed by atoms with Crippen LogP contribution in [0, 0.1) is 0 Å². The van der Waals surface area contributed by atoms with Crippen molar-refractivity contribution in [1.82, 2.24) is 0 Å². The molecule has 0 unspecified atom stereocenters. The molecular weight excluding hydrogens is 319 g/mol. The summed E-state index contributed by atoms with van der Waals surface area (Å²) in [5.41, 5.74) is 1.17. The van der Waals surface area contributed by atoms with E-state index in [0.29, 0.717) is 30.8 Å². The number of ketones is 1. The minimum absolute atomic E-state index is 0.0961. The zero-order valence-corrected chi connectivity index (χ0v) is 15.1. The molecule has 0 saturated heterocycles. The first kappa shape index (κ1) is 19.5. The lowest BCUT2D eigenvalue weighted by Crippen LogP contribution is -2.35. The van der Waals surface area contributed by atoms with Gasteiger partial charge >= 0.3 is 13.1 Å². The Hall–Kier alpha value is -1.82.